The normalized spacial score (nSPS) is 10.6. The molecule has 0 aromatic heterocycles. The van der Waals surface area contributed by atoms with Gasteiger partial charge in [0.2, 0.25) is 0 Å². The number of hydrogen-bond donors (Lipinski definition) is 1. The van der Waals surface area contributed by atoms with Crippen molar-refractivity contribution >= 4 is 23.2 Å². The molecule has 1 atom stereocenters. The zero-order valence-electron chi connectivity index (χ0n) is 21.4. The van der Waals surface area contributed by atoms with Gasteiger partial charge in [-0.05, 0) is 17.7 Å². The Morgan fingerprint density at radius 1 is 0.784 bits per heavy atom. The van der Waals surface area contributed by atoms with Gasteiger partial charge in [-0.3, -0.25) is 9.59 Å². The summed E-state index contributed by atoms with van der Waals surface area (Å²) in [5.74, 6) is 0.874. The van der Waals surface area contributed by atoms with Crippen molar-refractivity contribution in [3.63, 3.8) is 0 Å². The summed E-state index contributed by atoms with van der Waals surface area (Å²) in [6.07, 6.45) is 0.587. The molecule has 5 heteroatoms. The van der Waals surface area contributed by atoms with Crippen LogP contribution in [0.5, 0.6) is 5.75 Å². The van der Waals surface area contributed by atoms with Crippen LogP contribution in [0.2, 0.25) is 5.02 Å². The predicted octanol–water partition coefficient (Wildman–Crippen LogP) is 7.79. The minimum Gasteiger partial charge on any atom is -0.496 e. The standard InChI is InChI=1S/C16H16O2.C9H10O.C7H7ClO/c1-12(14-10-6-7-11-15(14)18-2)16(17)13-8-4-3-5-9-13;1-2-9(10)8-6-4-3-5-7-8;8-7-4-2-1-3-6(7)5-9/h3-12H,1-2H3;3-7H,2H2,1H3;1-4,9H,5H2. The number of hydrogen-bond acceptors (Lipinski definition) is 4. The summed E-state index contributed by atoms with van der Waals surface area (Å²) in [7, 11) is 1.62. The van der Waals surface area contributed by atoms with E-state index in [-0.39, 0.29) is 24.1 Å². The minimum atomic E-state index is -0.205. The Morgan fingerprint density at radius 2 is 1.30 bits per heavy atom. The van der Waals surface area contributed by atoms with E-state index in [4.69, 9.17) is 21.4 Å². The second-order valence-electron chi connectivity index (χ2n) is 8.09. The first-order valence-electron chi connectivity index (χ1n) is 12.1. The van der Waals surface area contributed by atoms with E-state index in [9.17, 15) is 9.59 Å². The number of methoxy groups -OCH3 is 1. The van der Waals surface area contributed by atoms with Gasteiger partial charge in [-0.1, -0.05) is 123 Å². The molecule has 0 saturated heterocycles. The van der Waals surface area contributed by atoms with Crippen LogP contribution in [-0.4, -0.2) is 23.8 Å². The Kier molecular flexibility index (Phi) is 12.8. The highest BCUT2D eigenvalue weighted by Gasteiger charge is 2.19. The summed E-state index contributed by atoms with van der Waals surface area (Å²) in [6.45, 7) is 3.79. The maximum atomic E-state index is 12.4. The number of ether oxygens (including phenoxy) is 1. The van der Waals surface area contributed by atoms with E-state index >= 15 is 0 Å². The maximum Gasteiger partial charge on any atom is 0.170 e. The first-order valence-corrected chi connectivity index (χ1v) is 12.4. The summed E-state index contributed by atoms with van der Waals surface area (Å²) >= 11 is 5.66. The molecular formula is C32H33ClO4. The molecule has 0 saturated carbocycles. The fourth-order valence-corrected chi connectivity index (χ4v) is 3.67. The number of carbonyl (C=O) groups is 2. The quantitative estimate of drug-likeness (QED) is 0.254. The van der Waals surface area contributed by atoms with Crippen LogP contribution < -0.4 is 4.74 Å². The van der Waals surface area contributed by atoms with Gasteiger partial charge in [-0.2, -0.15) is 0 Å². The van der Waals surface area contributed by atoms with Crippen molar-refractivity contribution in [2.45, 2.75) is 32.8 Å². The average Bonchev–Trinajstić information content (AvgIpc) is 2.97. The van der Waals surface area contributed by atoms with Gasteiger partial charge in [0.25, 0.3) is 0 Å². The molecule has 0 bridgehead atoms. The van der Waals surface area contributed by atoms with Gasteiger partial charge in [0, 0.05) is 34.1 Å². The molecule has 0 spiro atoms. The SMILES string of the molecule is CCC(=O)c1ccccc1.COc1ccccc1C(C)C(=O)c1ccccc1.OCc1ccccc1Cl. The monoisotopic (exact) mass is 516 g/mol. The molecule has 0 fully saturated rings. The highest BCUT2D eigenvalue weighted by atomic mass is 35.5. The number of benzene rings is 4. The Labute approximate surface area is 224 Å². The molecule has 37 heavy (non-hydrogen) atoms. The number of halogens is 1. The summed E-state index contributed by atoms with van der Waals surface area (Å²) in [5, 5.41) is 9.26. The van der Waals surface area contributed by atoms with Crippen molar-refractivity contribution in [1.82, 2.24) is 0 Å². The first kappa shape index (κ1) is 29.5. The fourth-order valence-electron chi connectivity index (χ4n) is 3.47. The van der Waals surface area contributed by atoms with Crippen molar-refractivity contribution in [3.05, 3.63) is 136 Å². The van der Waals surface area contributed by atoms with E-state index in [1.165, 1.54) is 0 Å². The lowest BCUT2D eigenvalue weighted by molar-refractivity contribution is 0.0962. The number of carbonyl (C=O) groups excluding carboxylic acids is 2. The van der Waals surface area contributed by atoms with Crippen molar-refractivity contribution in [2.24, 2.45) is 0 Å². The minimum absolute atomic E-state index is 0.0136. The van der Waals surface area contributed by atoms with Crippen molar-refractivity contribution < 1.29 is 19.4 Å². The molecule has 0 aliphatic heterocycles. The Morgan fingerprint density at radius 3 is 1.81 bits per heavy atom. The van der Waals surface area contributed by atoms with Crippen LogP contribution in [0.25, 0.3) is 0 Å². The van der Waals surface area contributed by atoms with Gasteiger partial charge >= 0.3 is 0 Å². The number of para-hydroxylation sites is 1. The Balaban J connectivity index is 0.000000214. The highest BCUT2D eigenvalue weighted by Crippen LogP contribution is 2.28. The number of aliphatic hydroxyl groups is 1. The van der Waals surface area contributed by atoms with E-state index < -0.39 is 0 Å². The summed E-state index contributed by atoms with van der Waals surface area (Å²) in [4.78, 5) is 23.4. The third kappa shape index (κ3) is 9.34. The van der Waals surface area contributed by atoms with Gasteiger partial charge in [0.05, 0.1) is 13.7 Å². The second-order valence-corrected chi connectivity index (χ2v) is 8.49. The third-order valence-electron chi connectivity index (χ3n) is 5.60. The lowest BCUT2D eigenvalue weighted by Crippen LogP contribution is -2.10. The highest BCUT2D eigenvalue weighted by molar-refractivity contribution is 6.31. The lowest BCUT2D eigenvalue weighted by atomic mass is 9.92. The van der Waals surface area contributed by atoms with E-state index in [1.807, 2.05) is 111 Å². The molecule has 4 aromatic carbocycles. The summed E-state index contributed by atoms with van der Waals surface area (Å²) in [5.41, 5.74) is 3.24. The van der Waals surface area contributed by atoms with E-state index in [0.717, 1.165) is 28.0 Å². The van der Waals surface area contributed by atoms with Crippen LogP contribution in [0.1, 0.15) is 58.0 Å². The van der Waals surface area contributed by atoms with Crippen molar-refractivity contribution in [2.75, 3.05) is 7.11 Å². The van der Waals surface area contributed by atoms with Crippen molar-refractivity contribution in [1.29, 1.82) is 0 Å². The largest absolute Gasteiger partial charge is 0.496 e. The van der Waals surface area contributed by atoms with E-state index in [1.54, 1.807) is 19.2 Å². The molecule has 192 valence electrons. The van der Waals surface area contributed by atoms with Crippen molar-refractivity contribution in [3.8, 4) is 5.75 Å². The smallest absolute Gasteiger partial charge is 0.170 e. The van der Waals surface area contributed by atoms with E-state index in [0.29, 0.717) is 11.4 Å². The molecule has 4 aromatic rings. The molecule has 1 N–H and O–H groups in total. The first-order chi connectivity index (χ1) is 17.9. The Bertz CT molecular complexity index is 1240. The van der Waals surface area contributed by atoms with Crippen LogP contribution >= 0.6 is 11.6 Å². The molecule has 4 nitrogen and oxygen atoms in total. The molecule has 0 heterocycles. The zero-order valence-corrected chi connectivity index (χ0v) is 22.2. The zero-order chi connectivity index (χ0) is 27.0. The van der Waals surface area contributed by atoms with Crippen LogP contribution in [-0.2, 0) is 6.61 Å². The number of aliphatic hydroxyl groups excluding tert-OH is 1. The topological polar surface area (TPSA) is 63.6 Å². The van der Waals surface area contributed by atoms with Gasteiger partial charge in [0.15, 0.2) is 11.6 Å². The average molecular weight is 517 g/mol. The third-order valence-corrected chi connectivity index (χ3v) is 5.97. The van der Waals surface area contributed by atoms with Crippen LogP contribution in [0, 0.1) is 0 Å². The van der Waals surface area contributed by atoms with Gasteiger partial charge in [-0.15, -0.1) is 0 Å². The van der Waals surface area contributed by atoms with Crippen LogP contribution in [0.4, 0.5) is 0 Å². The maximum absolute atomic E-state index is 12.4. The molecule has 0 radical (unpaired) electrons. The molecular weight excluding hydrogens is 484 g/mol. The van der Waals surface area contributed by atoms with Gasteiger partial charge in [0.1, 0.15) is 5.75 Å². The van der Waals surface area contributed by atoms with Gasteiger partial charge < -0.3 is 9.84 Å². The fraction of sp³-hybridized carbons (Fsp3) is 0.188. The summed E-state index contributed by atoms with van der Waals surface area (Å²) in [6, 6.07) is 33.6. The molecule has 4 rings (SSSR count). The van der Waals surface area contributed by atoms with Gasteiger partial charge in [-0.25, -0.2) is 0 Å². The number of Topliss-reactive ketones (excluding diaryl/α,β-unsaturated/α-hetero) is 2. The second kappa shape index (κ2) is 16.1. The van der Waals surface area contributed by atoms with E-state index in [2.05, 4.69) is 0 Å². The summed E-state index contributed by atoms with van der Waals surface area (Å²) < 4.78 is 5.30. The molecule has 0 aliphatic carbocycles. The lowest BCUT2D eigenvalue weighted by Gasteiger charge is -2.14. The Hall–Kier alpha value is -3.73. The molecule has 0 aliphatic rings. The van der Waals surface area contributed by atoms with Crippen LogP contribution in [0.3, 0.4) is 0 Å². The molecule has 0 amide bonds. The molecule has 1 unspecified atom stereocenters. The number of rotatable bonds is 7. The van der Waals surface area contributed by atoms with Crippen LogP contribution in [0.15, 0.2) is 109 Å². The number of ketones is 2. The predicted molar refractivity (Wildman–Crippen MR) is 151 cm³/mol.